The molecule has 1 aromatic rings. The van der Waals surface area contributed by atoms with Gasteiger partial charge in [-0.05, 0) is 31.7 Å². The summed E-state index contributed by atoms with van der Waals surface area (Å²) >= 11 is 0. The van der Waals surface area contributed by atoms with Crippen molar-refractivity contribution in [1.82, 2.24) is 4.72 Å². The molecule has 7 heteroatoms. The molecular weight excluding hydrogens is 266 g/mol. The number of hydrogen-bond acceptors (Lipinski definition) is 5. The van der Waals surface area contributed by atoms with Gasteiger partial charge in [-0.15, -0.1) is 0 Å². The van der Waals surface area contributed by atoms with Crippen LogP contribution in [0.15, 0.2) is 28.1 Å². The van der Waals surface area contributed by atoms with Crippen LogP contribution in [0.5, 0.6) is 0 Å². The Hall–Kier alpha value is -1.73. The van der Waals surface area contributed by atoms with Crippen molar-refractivity contribution in [1.29, 1.82) is 0 Å². The molecule has 0 aliphatic carbocycles. The molecule has 2 heterocycles. The van der Waals surface area contributed by atoms with Crippen molar-refractivity contribution in [3.8, 4) is 0 Å². The summed E-state index contributed by atoms with van der Waals surface area (Å²) in [6.07, 6.45) is 0.896. The number of ketones is 1. The Morgan fingerprint density at radius 1 is 1.37 bits per heavy atom. The van der Waals surface area contributed by atoms with Crippen LogP contribution in [0.25, 0.3) is 0 Å². The summed E-state index contributed by atoms with van der Waals surface area (Å²) < 4.78 is 25.8. The Labute approximate surface area is 111 Å². The number of fused-ring (bicyclic) bond motifs is 3. The van der Waals surface area contributed by atoms with Crippen LogP contribution in [0, 0.1) is 0 Å². The van der Waals surface area contributed by atoms with Crippen LogP contribution in [0.2, 0.25) is 0 Å². The van der Waals surface area contributed by atoms with E-state index in [2.05, 4.69) is 9.71 Å². The number of Topliss-reactive ketones (excluding diaryl/α,β-unsaturated/α-hetero) is 1. The molecule has 0 radical (unpaired) electrons. The molecule has 2 aliphatic heterocycles. The van der Waals surface area contributed by atoms with E-state index in [4.69, 9.17) is 0 Å². The minimum atomic E-state index is -3.54. The summed E-state index contributed by atoms with van der Waals surface area (Å²) in [6.45, 7) is 1.39. The molecule has 100 valence electrons. The topological polar surface area (TPSA) is 78.8 Å². The molecule has 0 saturated heterocycles. The Morgan fingerprint density at radius 3 is 2.89 bits per heavy atom. The quantitative estimate of drug-likeness (QED) is 0.850. The number of hydrogen-bond donors (Lipinski definition) is 1. The average molecular weight is 279 g/mol. The van der Waals surface area contributed by atoms with Gasteiger partial charge in [0.2, 0.25) is 15.8 Å². The third-order valence-corrected chi connectivity index (χ3v) is 4.75. The number of nitrogens with zero attached hydrogens (tertiary/aromatic N) is 2. The predicted molar refractivity (Wildman–Crippen MR) is 71.3 cm³/mol. The van der Waals surface area contributed by atoms with Crippen molar-refractivity contribution >= 4 is 27.3 Å². The van der Waals surface area contributed by atoms with E-state index >= 15 is 0 Å². The van der Waals surface area contributed by atoms with Gasteiger partial charge in [0.1, 0.15) is 0 Å². The molecule has 1 N–H and O–H groups in total. The molecule has 1 aromatic carbocycles. The van der Waals surface area contributed by atoms with Crippen molar-refractivity contribution in [3.05, 3.63) is 23.8 Å². The van der Waals surface area contributed by atoms with E-state index in [1.54, 1.807) is 6.07 Å². The number of rotatable bonds is 2. The first-order valence-electron chi connectivity index (χ1n) is 5.99. The smallest absolute Gasteiger partial charge is 0.240 e. The fourth-order valence-corrected chi connectivity index (χ4v) is 3.13. The molecule has 0 aromatic heterocycles. The number of benzene rings is 1. The Bertz CT molecular complexity index is 694. The van der Waals surface area contributed by atoms with Crippen molar-refractivity contribution < 1.29 is 13.2 Å². The molecule has 0 amide bonds. The van der Waals surface area contributed by atoms with Crippen LogP contribution >= 0.6 is 0 Å². The van der Waals surface area contributed by atoms with Crippen molar-refractivity contribution in [3.63, 3.8) is 0 Å². The van der Waals surface area contributed by atoms with Gasteiger partial charge in [0.25, 0.3) is 0 Å². The minimum absolute atomic E-state index is 0.0996. The van der Waals surface area contributed by atoms with Gasteiger partial charge in [0, 0.05) is 13.1 Å². The first-order chi connectivity index (χ1) is 9.04. The monoisotopic (exact) mass is 279 g/mol. The van der Waals surface area contributed by atoms with Gasteiger partial charge in [-0.25, -0.2) is 13.1 Å². The fourth-order valence-electron chi connectivity index (χ4n) is 2.37. The van der Waals surface area contributed by atoms with Crippen LogP contribution in [-0.2, 0) is 10.0 Å². The summed E-state index contributed by atoms with van der Waals surface area (Å²) in [5.41, 5.74) is 1.16. The molecule has 0 fully saturated rings. The first-order valence-corrected chi connectivity index (χ1v) is 7.47. The van der Waals surface area contributed by atoms with Gasteiger partial charge in [0.15, 0.2) is 5.84 Å². The van der Waals surface area contributed by atoms with Crippen LogP contribution in [0.1, 0.15) is 16.8 Å². The van der Waals surface area contributed by atoms with Crippen molar-refractivity contribution in [2.45, 2.75) is 11.3 Å². The van der Waals surface area contributed by atoms with Gasteiger partial charge >= 0.3 is 0 Å². The Morgan fingerprint density at radius 2 is 2.16 bits per heavy atom. The highest BCUT2D eigenvalue weighted by molar-refractivity contribution is 7.89. The molecule has 0 atom stereocenters. The number of anilines is 1. The molecule has 0 bridgehead atoms. The zero-order valence-electron chi connectivity index (χ0n) is 10.4. The largest absolute Gasteiger partial charge is 0.323 e. The second-order valence-electron chi connectivity index (χ2n) is 4.43. The van der Waals surface area contributed by atoms with Crippen LogP contribution in [0.4, 0.5) is 5.69 Å². The molecule has 2 aliphatic rings. The highest BCUT2D eigenvalue weighted by atomic mass is 32.2. The number of aliphatic imine (C=N–C) groups is 1. The van der Waals surface area contributed by atoms with Crippen LogP contribution in [0.3, 0.4) is 0 Å². The molecule has 19 heavy (non-hydrogen) atoms. The molecule has 0 saturated carbocycles. The summed E-state index contributed by atoms with van der Waals surface area (Å²) in [5, 5.41) is 0. The van der Waals surface area contributed by atoms with Gasteiger partial charge < -0.3 is 4.90 Å². The van der Waals surface area contributed by atoms with E-state index in [0.717, 1.165) is 18.7 Å². The van der Waals surface area contributed by atoms with E-state index in [0.29, 0.717) is 17.9 Å². The number of amidine groups is 1. The number of nitrogens with one attached hydrogen (secondary N) is 1. The lowest BCUT2D eigenvalue weighted by molar-refractivity contribution is 0.106. The maximum atomic E-state index is 12.2. The van der Waals surface area contributed by atoms with Crippen molar-refractivity contribution in [2.24, 2.45) is 4.99 Å². The van der Waals surface area contributed by atoms with Crippen LogP contribution < -0.4 is 9.62 Å². The van der Waals surface area contributed by atoms with Gasteiger partial charge in [-0.1, -0.05) is 0 Å². The first kappa shape index (κ1) is 12.3. The third-order valence-electron chi connectivity index (χ3n) is 3.34. The highest BCUT2D eigenvalue weighted by Gasteiger charge is 2.35. The van der Waals surface area contributed by atoms with Gasteiger partial charge in [-0.3, -0.25) is 9.79 Å². The van der Waals surface area contributed by atoms with Crippen LogP contribution in [-0.4, -0.2) is 40.2 Å². The molecule has 0 spiro atoms. The van der Waals surface area contributed by atoms with E-state index in [9.17, 15) is 13.2 Å². The maximum Gasteiger partial charge on any atom is 0.240 e. The second-order valence-corrected chi connectivity index (χ2v) is 6.31. The third kappa shape index (κ3) is 1.77. The van der Waals surface area contributed by atoms with Gasteiger partial charge in [0.05, 0.1) is 16.1 Å². The summed E-state index contributed by atoms with van der Waals surface area (Å²) in [6, 6.07) is 4.60. The average Bonchev–Trinajstić information content (AvgIpc) is 2.73. The zero-order valence-corrected chi connectivity index (χ0v) is 11.2. The SMILES string of the molecule is CNS(=O)(=O)c1ccc2c(c1)C(=O)C1=NCCCN12. The second kappa shape index (κ2) is 4.14. The van der Waals surface area contributed by atoms with Crippen molar-refractivity contribution in [2.75, 3.05) is 25.0 Å². The lowest BCUT2D eigenvalue weighted by atomic mass is 10.1. The molecular formula is C12H13N3O3S. The van der Waals surface area contributed by atoms with E-state index in [1.807, 2.05) is 4.90 Å². The number of carbonyl (C=O) groups excluding carboxylic acids is 1. The summed E-state index contributed by atoms with van der Waals surface area (Å²) in [7, 11) is -2.19. The minimum Gasteiger partial charge on any atom is -0.323 e. The lowest BCUT2D eigenvalue weighted by Gasteiger charge is -2.22. The molecule has 0 unspecified atom stereocenters. The predicted octanol–water partition coefficient (Wildman–Crippen LogP) is 0.400. The molecule has 3 rings (SSSR count). The zero-order chi connectivity index (χ0) is 13.6. The van der Waals surface area contributed by atoms with E-state index in [1.165, 1.54) is 19.2 Å². The standard InChI is InChI=1S/C12H13N3O3S/c1-13-19(17,18)8-3-4-10-9(7-8)11(16)12-14-5-2-6-15(10)12/h3-4,7,13H,2,5-6H2,1H3. The Kier molecular flexibility index (Phi) is 2.68. The lowest BCUT2D eigenvalue weighted by Crippen LogP contribution is -2.34. The fraction of sp³-hybridized carbons (Fsp3) is 0.333. The Balaban J connectivity index is 2.15. The number of sulfonamides is 1. The number of carbonyl (C=O) groups is 1. The van der Waals surface area contributed by atoms with E-state index < -0.39 is 10.0 Å². The summed E-state index contributed by atoms with van der Waals surface area (Å²) in [5.74, 6) is 0.239. The normalized spacial score (nSPS) is 18.1. The highest BCUT2D eigenvalue weighted by Crippen LogP contribution is 2.32. The maximum absolute atomic E-state index is 12.2. The van der Waals surface area contributed by atoms with Gasteiger partial charge in [-0.2, -0.15) is 0 Å². The van der Waals surface area contributed by atoms with E-state index in [-0.39, 0.29) is 10.7 Å². The summed E-state index contributed by atoms with van der Waals surface area (Å²) in [4.78, 5) is 18.4. The molecule has 6 nitrogen and oxygen atoms in total.